The fourth-order valence-corrected chi connectivity index (χ4v) is 2.92. The van der Waals surface area contributed by atoms with Gasteiger partial charge in [-0.2, -0.15) is 0 Å². The van der Waals surface area contributed by atoms with E-state index in [0.717, 1.165) is 18.8 Å². The Hall–Kier alpha value is -1.78. The van der Waals surface area contributed by atoms with Crippen molar-refractivity contribution < 1.29 is 9.60 Å². The van der Waals surface area contributed by atoms with Crippen LogP contribution in [0.15, 0.2) is 29.4 Å². The van der Waals surface area contributed by atoms with Crippen LogP contribution in [0.25, 0.3) is 0 Å². The molecule has 0 unspecified atom stereocenters. The van der Waals surface area contributed by atoms with Crippen molar-refractivity contribution in [2.75, 3.05) is 18.0 Å². The molecule has 1 saturated heterocycles. The smallest absolute Gasteiger partial charge is 0.142 e. The van der Waals surface area contributed by atoms with Crippen LogP contribution in [0, 0.1) is 23.6 Å². The molecule has 0 amide bonds. The number of rotatable bonds is 2. The number of hydrogen-bond donors (Lipinski definition) is 2. The summed E-state index contributed by atoms with van der Waals surface area (Å²) in [7, 11) is 0. The lowest BCUT2D eigenvalue weighted by molar-refractivity contribution is 0.315. The van der Waals surface area contributed by atoms with Crippen molar-refractivity contribution in [1.82, 2.24) is 0 Å². The van der Waals surface area contributed by atoms with Crippen LogP contribution in [0.2, 0.25) is 0 Å². The summed E-state index contributed by atoms with van der Waals surface area (Å²) in [5.74, 6) is 1.24. The lowest BCUT2D eigenvalue weighted by Gasteiger charge is -2.21. The predicted molar refractivity (Wildman–Crippen MR) is 62.5 cm³/mol. The molecule has 0 bridgehead atoms. The summed E-state index contributed by atoms with van der Waals surface area (Å²) in [6.07, 6.45) is 0. The highest BCUT2D eigenvalue weighted by molar-refractivity contribution is 5.86. The van der Waals surface area contributed by atoms with Crippen LogP contribution >= 0.6 is 0 Å². The van der Waals surface area contributed by atoms with E-state index in [1.165, 1.54) is 6.07 Å². The number of amidine groups is 1. The molecule has 2 aliphatic rings. The van der Waals surface area contributed by atoms with Gasteiger partial charge >= 0.3 is 0 Å². The lowest BCUT2D eigenvalue weighted by atomic mass is 10.2. The minimum atomic E-state index is -0.212. The summed E-state index contributed by atoms with van der Waals surface area (Å²) in [6, 6.07) is 6.62. The van der Waals surface area contributed by atoms with Gasteiger partial charge in [-0.05, 0) is 30.0 Å². The average Bonchev–Trinajstić information content (AvgIpc) is 2.82. The number of hydrogen-bond acceptors (Lipinski definition) is 3. The van der Waals surface area contributed by atoms with Gasteiger partial charge in [0.2, 0.25) is 0 Å². The van der Waals surface area contributed by atoms with Crippen molar-refractivity contribution in [3.63, 3.8) is 0 Å². The molecule has 4 nitrogen and oxygen atoms in total. The van der Waals surface area contributed by atoms with Crippen molar-refractivity contribution in [2.24, 2.45) is 28.6 Å². The fraction of sp³-hybridized carbons (Fsp3) is 0.417. The van der Waals surface area contributed by atoms with Crippen molar-refractivity contribution in [3.8, 4) is 0 Å². The predicted octanol–water partition coefficient (Wildman–Crippen LogP) is 1.25. The highest BCUT2D eigenvalue weighted by Gasteiger charge is 2.57. The topological polar surface area (TPSA) is 61.9 Å². The normalized spacial score (nSPS) is 31.5. The Morgan fingerprint density at radius 3 is 2.71 bits per heavy atom. The number of nitrogens with two attached hydrogens (primary N) is 1. The fourth-order valence-electron chi connectivity index (χ4n) is 2.92. The molecule has 3 atom stereocenters. The first-order valence-corrected chi connectivity index (χ1v) is 5.68. The Bertz CT molecular complexity index is 465. The second-order valence-electron chi connectivity index (χ2n) is 4.76. The maximum atomic E-state index is 13.1. The van der Waals surface area contributed by atoms with Crippen molar-refractivity contribution in [3.05, 3.63) is 30.1 Å². The van der Waals surface area contributed by atoms with Crippen molar-refractivity contribution >= 4 is 11.5 Å². The van der Waals surface area contributed by atoms with Gasteiger partial charge in [-0.1, -0.05) is 11.2 Å². The van der Waals surface area contributed by atoms with Gasteiger partial charge in [0.15, 0.2) is 0 Å². The van der Waals surface area contributed by atoms with Gasteiger partial charge in [-0.15, -0.1) is 0 Å². The van der Waals surface area contributed by atoms with Gasteiger partial charge in [0, 0.05) is 24.7 Å². The molecule has 0 spiro atoms. The zero-order chi connectivity index (χ0) is 12.0. The molecular weight excluding hydrogens is 221 g/mol. The number of piperidine rings is 1. The number of anilines is 1. The van der Waals surface area contributed by atoms with Gasteiger partial charge in [0.1, 0.15) is 11.7 Å². The first kappa shape index (κ1) is 10.4. The Kier molecular flexibility index (Phi) is 2.21. The summed E-state index contributed by atoms with van der Waals surface area (Å²) < 4.78 is 13.1. The number of oxime groups is 1. The van der Waals surface area contributed by atoms with E-state index in [1.54, 1.807) is 12.1 Å². The first-order valence-electron chi connectivity index (χ1n) is 5.68. The molecule has 5 heteroatoms. The molecule has 2 fully saturated rings. The Morgan fingerprint density at radius 1 is 1.41 bits per heavy atom. The molecule has 0 radical (unpaired) electrons. The molecule has 0 aromatic heterocycles. The Balaban J connectivity index is 1.69. The average molecular weight is 235 g/mol. The second-order valence-corrected chi connectivity index (χ2v) is 4.76. The van der Waals surface area contributed by atoms with Crippen LogP contribution in [0.1, 0.15) is 0 Å². The SMILES string of the molecule is N/C(=N\O)[C@H]1[C@@H]2CN(c3cccc(F)c3)C[C@@H]21. The van der Waals surface area contributed by atoms with Crippen LogP contribution in [0.5, 0.6) is 0 Å². The summed E-state index contributed by atoms with van der Waals surface area (Å²) in [6.45, 7) is 1.71. The van der Waals surface area contributed by atoms with Crippen LogP contribution in [0.3, 0.4) is 0 Å². The second kappa shape index (κ2) is 3.61. The quantitative estimate of drug-likeness (QED) is 0.351. The van der Waals surface area contributed by atoms with E-state index in [-0.39, 0.29) is 11.7 Å². The van der Waals surface area contributed by atoms with Gasteiger partial charge in [-0.25, -0.2) is 4.39 Å². The summed E-state index contributed by atoms with van der Waals surface area (Å²) in [5, 5.41) is 11.7. The Morgan fingerprint density at radius 2 is 2.12 bits per heavy atom. The van der Waals surface area contributed by atoms with E-state index >= 15 is 0 Å². The van der Waals surface area contributed by atoms with Crippen LogP contribution in [-0.4, -0.2) is 24.1 Å². The van der Waals surface area contributed by atoms with Crippen LogP contribution in [0.4, 0.5) is 10.1 Å². The number of nitrogens with zero attached hydrogens (tertiary/aromatic N) is 2. The third-order valence-corrected chi connectivity index (χ3v) is 3.82. The zero-order valence-corrected chi connectivity index (χ0v) is 9.25. The largest absolute Gasteiger partial charge is 0.409 e. The molecule has 1 aromatic rings. The molecule has 1 aromatic carbocycles. The third-order valence-electron chi connectivity index (χ3n) is 3.82. The van der Waals surface area contributed by atoms with Crippen molar-refractivity contribution in [1.29, 1.82) is 0 Å². The van der Waals surface area contributed by atoms with Crippen LogP contribution < -0.4 is 10.6 Å². The van der Waals surface area contributed by atoms with Crippen LogP contribution in [-0.2, 0) is 0 Å². The molecule has 1 saturated carbocycles. The molecule has 1 aliphatic heterocycles. The molecule has 1 heterocycles. The lowest BCUT2D eigenvalue weighted by Crippen LogP contribution is -2.28. The highest BCUT2D eigenvalue weighted by atomic mass is 19.1. The zero-order valence-electron chi connectivity index (χ0n) is 9.25. The van der Waals surface area contributed by atoms with E-state index in [4.69, 9.17) is 10.9 Å². The number of halogens is 1. The Labute approximate surface area is 98.5 Å². The van der Waals surface area contributed by atoms with E-state index in [1.807, 2.05) is 6.07 Å². The molecular formula is C12H14FN3O. The molecule has 3 N–H and O–H groups in total. The minimum Gasteiger partial charge on any atom is -0.409 e. The number of benzene rings is 1. The summed E-state index contributed by atoms with van der Waals surface area (Å²) in [4.78, 5) is 2.15. The molecule has 90 valence electrons. The van der Waals surface area contributed by atoms with Gasteiger partial charge in [0.05, 0.1) is 0 Å². The van der Waals surface area contributed by atoms with E-state index < -0.39 is 0 Å². The van der Waals surface area contributed by atoms with Gasteiger partial charge in [0.25, 0.3) is 0 Å². The maximum absolute atomic E-state index is 13.1. The highest BCUT2D eigenvalue weighted by Crippen LogP contribution is 2.52. The molecule has 17 heavy (non-hydrogen) atoms. The van der Waals surface area contributed by atoms with E-state index in [2.05, 4.69) is 10.1 Å². The van der Waals surface area contributed by atoms with Gasteiger partial charge in [-0.3, -0.25) is 0 Å². The van der Waals surface area contributed by atoms with E-state index in [0.29, 0.717) is 17.7 Å². The third kappa shape index (κ3) is 1.62. The monoisotopic (exact) mass is 235 g/mol. The number of fused-ring (bicyclic) bond motifs is 1. The minimum absolute atomic E-state index is 0.212. The maximum Gasteiger partial charge on any atom is 0.142 e. The van der Waals surface area contributed by atoms with Gasteiger partial charge < -0.3 is 15.8 Å². The molecule has 3 rings (SSSR count). The van der Waals surface area contributed by atoms with E-state index in [9.17, 15) is 4.39 Å². The molecule has 1 aliphatic carbocycles. The first-order chi connectivity index (χ1) is 8.20. The van der Waals surface area contributed by atoms with Crippen molar-refractivity contribution in [2.45, 2.75) is 0 Å². The summed E-state index contributed by atoms with van der Waals surface area (Å²) >= 11 is 0. The summed E-state index contributed by atoms with van der Waals surface area (Å²) in [5.41, 5.74) is 6.51. The standard InChI is InChI=1S/C12H14FN3O/c13-7-2-1-3-8(4-7)16-5-9-10(6-16)11(9)12(14)15-17/h1-4,9-11,17H,5-6H2,(H2,14,15)/t9-,10+,11+.